The van der Waals surface area contributed by atoms with Crippen LogP contribution in [0.4, 0.5) is 0 Å². The molecule has 0 radical (unpaired) electrons. The van der Waals surface area contributed by atoms with E-state index in [0.717, 1.165) is 12.8 Å². The molecule has 1 fully saturated rings. The first-order valence-electron chi connectivity index (χ1n) is 5.82. The van der Waals surface area contributed by atoms with Crippen LogP contribution in [0.3, 0.4) is 0 Å². The predicted octanol–water partition coefficient (Wildman–Crippen LogP) is 2.52. The zero-order valence-electron chi connectivity index (χ0n) is 10.3. The van der Waals surface area contributed by atoms with E-state index < -0.39 is 11.6 Å². The number of oxazole rings is 1. The minimum atomic E-state index is -1.07. The maximum absolute atomic E-state index is 11.1. The summed E-state index contributed by atoms with van der Waals surface area (Å²) in [6.45, 7) is 6.34. The highest BCUT2D eigenvalue weighted by Gasteiger charge is 2.38. The van der Waals surface area contributed by atoms with Crippen LogP contribution in [-0.2, 0) is 10.3 Å². The van der Waals surface area contributed by atoms with Crippen LogP contribution in [0.1, 0.15) is 61.7 Å². The second kappa shape index (κ2) is 4.14. The quantitative estimate of drug-likeness (QED) is 0.877. The van der Waals surface area contributed by atoms with E-state index in [1.165, 1.54) is 0 Å². The summed E-state index contributed by atoms with van der Waals surface area (Å²) < 4.78 is 11.0. The van der Waals surface area contributed by atoms with Gasteiger partial charge in [-0.1, -0.05) is 13.8 Å². The van der Waals surface area contributed by atoms with Crippen LogP contribution in [0.15, 0.2) is 4.42 Å². The molecule has 94 valence electrons. The van der Waals surface area contributed by atoms with Gasteiger partial charge in [-0.2, -0.15) is 0 Å². The van der Waals surface area contributed by atoms with Crippen molar-refractivity contribution in [2.75, 3.05) is 6.61 Å². The lowest BCUT2D eigenvalue weighted by molar-refractivity contribution is -0.00630. The molecule has 2 rings (SSSR count). The minimum Gasteiger partial charge on any atom is -0.475 e. The number of hydrogen-bond acceptors (Lipinski definition) is 4. The van der Waals surface area contributed by atoms with E-state index in [-0.39, 0.29) is 11.7 Å². The first-order chi connectivity index (χ1) is 7.94. The monoisotopic (exact) mass is 239 g/mol. The van der Waals surface area contributed by atoms with Gasteiger partial charge in [0.25, 0.3) is 0 Å². The third-order valence-corrected chi connectivity index (χ3v) is 3.07. The largest absolute Gasteiger partial charge is 0.475 e. The van der Waals surface area contributed by atoms with Gasteiger partial charge in [-0.3, -0.25) is 0 Å². The average Bonchev–Trinajstić information content (AvgIpc) is 2.83. The van der Waals surface area contributed by atoms with Crippen molar-refractivity contribution in [3.05, 3.63) is 17.3 Å². The summed E-state index contributed by atoms with van der Waals surface area (Å²) in [6, 6.07) is 0. The Balaban J connectivity index is 2.43. The molecule has 1 aromatic rings. The van der Waals surface area contributed by atoms with Crippen LogP contribution < -0.4 is 0 Å². The molecule has 0 aromatic carbocycles. The maximum atomic E-state index is 11.1. The van der Waals surface area contributed by atoms with Crippen molar-refractivity contribution < 1.29 is 19.1 Å². The topological polar surface area (TPSA) is 72.6 Å². The Morgan fingerprint density at radius 1 is 1.53 bits per heavy atom. The van der Waals surface area contributed by atoms with Gasteiger partial charge in [0.1, 0.15) is 5.60 Å². The summed E-state index contributed by atoms with van der Waals surface area (Å²) in [7, 11) is 0. The number of nitrogens with zero attached hydrogens (tertiary/aromatic N) is 1. The number of carboxylic acid groups (broad SMARTS) is 1. The average molecular weight is 239 g/mol. The molecule has 1 atom stereocenters. The standard InChI is InChI=1S/C12H17NO4/c1-7(2)8-9(10(14)15)17-11(13-8)12(3)5-4-6-16-12/h7H,4-6H2,1-3H3,(H,14,15). The van der Waals surface area contributed by atoms with Crippen molar-refractivity contribution in [2.24, 2.45) is 0 Å². The minimum absolute atomic E-state index is 0.0172. The first-order valence-corrected chi connectivity index (χ1v) is 5.82. The number of rotatable bonds is 3. The fraction of sp³-hybridized carbons (Fsp3) is 0.667. The molecule has 1 aliphatic rings. The number of aromatic carboxylic acids is 1. The van der Waals surface area contributed by atoms with E-state index in [4.69, 9.17) is 14.3 Å². The van der Waals surface area contributed by atoms with Crippen molar-refractivity contribution >= 4 is 5.97 Å². The van der Waals surface area contributed by atoms with Crippen LogP contribution in [-0.4, -0.2) is 22.7 Å². The van der Waals surface area contributed by atoms with E-state index in [0.29, 0.717) is 18.2 Å². The molecule has 1 aromatic heterocycles. The Labute approximate surface area is 99.8 Å². The zero-order valence-corrected chi connectivity index (χ0v) is 10.3. The van der Waals surface area contributed by atoms with Crippen LogP contribution in [0.2, 0.25) is 0 Å². The highest BCUT2D eigenvalue weighted by atomic mass is 16.5. The van der Waals surface area contributed by atoms with Gasteiger partial charge in [0, 0.05) is 6.61 Å². The Kier molecular flexibility index (Phi) is 2.95. The van der Waals surface area contributed by atoms with Crippen molar-refractivity contribution in [1.82, 2.24) is 4.98 Å². The summed E-state index contributed by atoms with van der Waals surface area (Å²) in [5.74, 6) is -0.736. The molecular weight excluding hydrogens is 222 g/mol. The molecule has 0 bridgehead atoms. The Morgan fingerprint density at radius 2 is 2.24 bits per heavy atom. The van der Waals surface area contributed by atoms with Gasteiger partial charge in [-0.15, -0.1) is 0 Å². The molecule has 1 N–H and O–H groups in total. The summed E-state index contributed by atoms with van der Waals surface area (Å²) in [6.07, 6.45) is 1.75. The van der Waals surface area contributed by atoms with E-state index in [9.17, 15) is 4.79 Å². The molecule has 1 saturated heterocycles. The number of aromatic nitrogens is 1. The fourth-order valence-electron chi connectivity index (χ4n) is 2.05. The number of ether oxygens (including phenoxy) is 1. The molecule has 0 spiro atoms. The second-order valence-corrected chi connectivity index (χ2v) is 4.88. The van der Waals surface area contributed by atoms with E-state index >= 15 is 0 Å². The highest BCUT2D eigenvalue weighted by Crippen LogP contribution is 2.36. The van der Waals surface area contributed by atoms with Gasteiger partial charge in [-0.05, 0) is 25.7 Å². The lowest BCUT2D eigenvalue weighted by Crippen LogP contribution is -2.20. The van der Waals surface area contributed by atoms with Crippen molar-refractivity contribution in [1.29, 1.82) is 0 Å². The Morgan fingerprint density at radius 3 is 2.65 bits per heavy atom. The van der Waals surface area contributed by atoms with Crippen LogP contribution >= 0.6 is 0 Å². The van der Waals surface area contributed by atoms with Crippen molar-refractivity contribution in [3.8, 4) is 0 Å². The number of carboxylic acids is 1. The van der Waals surface area contributed by atoms with Gasteiger partial charge >= 0.3 is 5.97 Å². The van der Waals surface area contributed by atoms with Gasteiger partial charge in [-0.25, -0.2) is 9.78 Å². The third-order valence-electron chi connectivity index (χ3n) is 3.07. The number of hydrogen-bond donors (Lipinski definition) is 1. The number of carbonyl (C=O) groups is 1. The van der Waals surface area contributed by atoms with Crippen LogP contribution in [0.5, 0.6) is 0 Å². The maximum Gasteiger partial charge on any atom is 0.373 e. The molecule has 0 amide bonds. The Hall–Kier alpha value is -1.36. The molecule has 2 heterocycles. The normalized spacial score (nSPS) is 24.5. The van der Waals surface area contributed by atoms with Crippen LogP contribution in [0, 0.1) is 0 Å². The molecular formula is C12H17NO4. The van der Waals surface area contributed by atoms with E-state index in [2.05, 4.69) is 4.98 Å². The lowest BCUT2D eigenvalue weighted by atomic mass is 10.0. The van der Waals surface area contributed by atoms with Crippen molar-refractivity contribution in [2.45, 2.75) is 45.1 Å². The molecule has 0 saturated carbocycles. The molecule has 1 aliphatic heterocycles. The predicted molar refractivity (Wildman–Crippen MR) is 60.1 cm³/mol. The van der Waals surface area contributed by atoms with Gasteiger partial charge in [0.15, 0.2) is 0 Å². The molecule has 0 aliphatic carbocycles. The third kappa shape index (κ3) is 2.07. The fourth-order valence-corrected chi connectivity index (χ4v) is 2.05. The SMILES string of the molecule is CC(C)c1nc(C2(C)CCCO2)oc1C(=O)O. The first kappa shape index (κ1) is 12.1. The summed E-state index contributed by atoms with van der Waals surface area (Å²) >= 11 is 0. The van der Waals surface area contributed by atoms with E-state index in [1.807, 2.05) is 20.8 Å². The van der Waals surface area contributed by atoms with Gasteiger partial charge in [0.2, 0.25) is 11.7 Å². The van der Waals surface area contributed by atoms with Gasteiger partial charge in [0.05, 0.1) is 5.69 Å². The molecule has 17 heavy (non-hydrogen) atoms. The zero-order chi connectivity index (χ0) is 12.6. The van der Waals surface area contributed by atoms with E-state index in [1.54, 1.807) is 0 Å². The highest BCUT2D eigenvalue weighted by molar-refractivity contribution is 5.85. The molecule has 5 nitrogen and oxygen atoms in total. The summed E-state index contributed by atoms with van der Waals surface area (Å²) in [5.41, 5.74) is -0.0821. The summed E-state index contributed by atoms with van der Waals surface area (Å²) in [4.78, 5) is 15.4. The Bertz CT molecular complexity index is 430. The molecule has 5 heteroatoms. The lowest BCUT2D eigenvalue weighted by Gasteiger charge is -2.18. The summed E-state index contributed by atoms with van der Waals surface area (Å²) in [5, 5.41) is 9.08. The van der Waals surface area contributed by atoms with Crippen molar-refractivity contribution in [3.63, 3.8) is 0 Å². The van der Waals surface area contributed by atoms with Crippen LogP contribution in [0.25, 0.3) is 0 Å². The smallest absolute Gasteiger partial charge is 0.373 e. The van der Waals surface area contributed by atoms with Gasteiger partial charge < -0.3 is 14.3 Å². The second-order valence-electron chi connectivity index (χ2n) is 4.88. The molecule has 1 unspecified atom stereocenters.